The topological polar surface area (TPSA) is 84.0 Å². The van der Waals surface area contributed by atoms with Crippen LogP contribution in [0, 0.1) is 11.8 Å². The van der Waals surface area contributed by atoms with Crippen LogP contribution in [0.5, 0.6) is 0 Å². The lowest BCUT2D eigenvalue weighted by Crippen LogP contribution is -2.42. The van der Waals surface area contributed by atoms with Crippen LogP contribution in [-0.2, 0) is 19.6 Å². The summed E-state index contributed by atoms with van der Waals surface area (Å²) in [7, 11) is -1.95. The minimum Gasteiger partial charge on any atom is -0.452 e. The second-order valence-corrected chi connectivity index (χ2v) is 9.90. The molecule has 0 N–H and O–H groups in total. The lowest BCUT2D eigenvalue weighted by atomic mass is 9.94. The van der Waals surface area contributed by atoms with Crippen molar-refractivity contribution < 1.29 is 22.7 Å². The van der Waals surface area contributed by atoms with Crippen LogP contribution in [0.3, 0.4) is 0 Å². The minimum atomic E-state index is -3.60. The van der Waals surface area contributed by atoms with Crippen molar-refractivity contribution in [2.24, 2.45) is 11.8 Å². The maximum atomic E-state index is 12.9. The molecule has 0 aliphatic carbocycles. The predicted molar refractivity (Wildman–Crippen MR) is 106 cm³/mol. The summed E-state index contributed by atoms with van der Waals surface area (Å²) in [5, 5.41) is 0. The van der Waals surface area contributed by atoms with Crippen LogP contribution >= 0.6 is 0 Å². The third-order valence-corrected chi connectivity index (χ3v) is 6.90. The number of likely N-dealkylation sites (N-methyl/N-ethyl adjacent to an activating group) is 1. The minimum absolute atomic E-state index is 0.0101. The molecule has 1 aliphatic rings. The van der Waals surface area contributed by atoms with Crippen molar-refractivity contribution in [3.8, 4) is 0 Å². The van der Waals surface area contributed by atoms with E-state index in [0.717, 1.165) is 6.42 Å². The molecule has 1 aromatic rings. The number of ether oxygens (including phenoxy) is 1. The van der Waals surface area contributed by atoms with Crippen molar-refractivity contribution in [1.82, 2.24) is 9.21 Å². The van der Waals surface area contributed by atoms with Crippen LogP contribution < -0.4 is 0 Å². The number of sulfonamides is 1. The molecule has 8 heteroatoms. The fourth-order valence-corrected chi connectivity index (χ4v) is 4.99. The number of hydrogen-bond donors (Lipinski definition) is 0. The Bertz CT molecular complexity index is 794. The molecule has 0 spiro atoms. The fraction of sp³-hybridized carbons (Fsp3) is 0.600. The third kappa shape index (κ3) is 5.32. The Morgan fingerprint density at radius 2 is 1.68 bits per heavy atom. The van der Waals surface area contributed by atoms with Gasteiger partial charge in [-0.25, -0.2) is 13.2 Å². The molecule has 0 aromatic heterocycles. The second kappa shape index (κ2) is 9.05. The maximum Gasteiger partial charge on any atom is 0.338 e. The van der Waals surface area contributed by atoms with E-state index < -0.39 is 16.0 Å². The molecule has 1 aliphatic heterocycles. The van der Waals surface area contributed by atoms with Crippen molar-refractivity contribution in [3.05, 3.63) is 29.8 Å². The third-order valence-electron chi connectivity index (χ3n) is 5.06. The van der Waals surface area contributed by atoms with E-state index in [0.29, 0.717) is 24.9 Å². The fourth-order valence-electron chi connectivity index (χ4n) is 3.31. The molecule has 2 unspecified atom stereocenters. The average Bonchev–Trinajstić information content (AvgIpc) is 2.64. The van der Waals surface area contributed by atoms with Gasteiger partial charge >= 0.3 is 5.97 Å². The van der Waals surface area contributed by atoms with Gasteiger partial charge in [0.2, 0.25) is 10.0 Å². The van der Waals surface area contributed by atoms with E-state index in [1.54, 1.807) is 7.05 Å². The number of benzene rings is 1. The smallest absolute Gasteiger partial charge is 0.338 e. The van der Waals surface area contributed by atoms with Gasteiger partial charge in [-0.1, -0.05) is 13.8 Å². The Hall–Kier alpha value is -1.93. The normalized spacial score (nSPS) is 20.8. The summed E-state index contributed by atoms with van der Waals surface area (Å²) in [5.74, 6) is -0.325. The molecule has 28 heavy (non-hydrogen) atoms. The van der Waals surface area contributed by atoms with Crippen molar-refractivity contribution in [3.63, 3.8) is 0 Å². The molecular weight excluding hydrogens is 380 g/mol. The van der Waals surface area contributed by atoms with Crippen LogP contribution in [0.4, 0.5) is 0 Å². The van der Waals surface area contributed by atoms with Crippen molar-refractivity contribution in [2.75, 3.05) is 26.7 Å². The standard InChI is InChI=1S/C20H30N2O5S/c1-14(2)21(5)19(23)13-27-20(24)17-6-8-18(9-7-17)28(25,26)22-11-15(3)10-16(4)12-22/h6-9,14-16H,10-13H2,1-5H3. The Morgan fingerprint density at radius 1 is 1.14 bits per heavy atom. The van der Waals surface area contributed by atoms with Crippen LogP contribution in [0.25, 0.3) is 0 Å². The number of amides is 1. The highest BCUT2D eigenvalue weighted by Crippen LogP contribution is 2.26. The monoisotopic (exact) mass is 410 g/mol. The number of carbonyl (C=O) groups is 2. The van der Waals surface area contributed by atoms with Gasteiger partial charge in [0.1, 0.15) is 0 Å². The first-order valence-electron chi connectivity index (χ1n) is 9.55. The van der Waals surface area contributed by atoms with Gasteiger partial charge in [-0.05, 0) is 56.4 Å². The Kier molecular flexibility index (Phi) is 7.22. The van der Waals surface area contributed by atoms with Gasteiger partial charge < -0.3 is 9.64 Å². The van der Waals surface area contributed by atoms with E-state index in [1.165, 1.54) is 33.5 Å². The van der Waals surface area contributed by atoms with Crippen molar-refractivity contribution in [1.29, 1.82) is 0 Å². The summed E-state index contributed by atoms with van der Waals surface area (Å²) in [5.41, 5.74) is 0.208. The van der Waals surface area contributed by atoms with Gasteiger partial charge in [-0.15, -0.1) is 0 Å². The first-order chi connectivity index (χ1) is 13.0. The van der Waals surface area contributed by atoms with Crippen molar-refractivity contribution >= 4 is 21.9 Å². The molecule has 2 atom stereocenters. The molecular formula is C20H30N2O5S. The van der Waals surface area contributed by atoms with Crippen LogP contribution in [-0.4, -0.2) is 62.3 Å². The summed E-state index contributed by atoms with van der Waals surface area (Å²) >= 11 is 0. The molecule has 0 bridgehead atoms. The van der Waals surface area contributed by atoms with E-state index in [-0.39, 0.29) is 29.0 Å². The van der Waals surface area contributed by atoms with Gasteiger partial charge in [-0.3, -0.25) is 4.79 Å². The number of nitrogens with zero attached hydrogens (tertiary/aromatic N) is 2. The first-order valence-corrected chi connectivity index (χ1v) is 11.0. The zero-order chi connectivity index (χ0) is 21.1. The van der Waals surface area contributed by atoms with Gasteiger partial charge in [0, 0.05) is 26.2 Å². The molecule has 1 saturated heterocycles. The molecule has 1 heterocycles. The molecule has 0 saturated carbocycles. The number of esters is 1. The van der Waals surface area contributed by atoms with Gasteiger partial charge in [0.15, 0.2) is 6.61 Å². The molecule has 1 aromatic carbocycles. The lowest BCUT2D eigenvalue weighted by Gasteiger charge is -2.34. The van der Waals surface area contributed by atoms with Gasteiger partial charge in [0.05, 0.1) is 10.5 Å². The Balaban J connectivity index is 2.04. The number of rotatable bonds is 6. The highest BCUT2D eigenvalue weighted by atomic mass is 32.2. The highest BCUT2D eigenvalue weighted by molar-refractivity contribution is 7.89. The largest absolute Gasteiger partial charge is 0.452 e. The summed E-state index contributed by atoms with van der Waals surface area (Å²) in [4.78, 5) is 25.7. The second-order valence-electron chi connectivity index (χ2n) is 7.97. The van der Waals surface area contributed by atoms with Crippen LogP contribution in [0.2, 0.25) is 0 Å². The molecule has 1 amide bonds. The summed E-state index contributed by atoms with van der Waals surface area (Å²) in [6, 6.07) is 5.68. The number of piperidine rings is 1. The highest BCUT2D eigenvalue weighted by Gasteiger charge is 2.31. The summed E-state index contributed by atoms with van der Waals surface area (Å²) in [6.45, 7) is 8.48. The van der Waals surface area contributed by atoms with E-state index in [1.807, 2.05) is 13.8 Å². The Labute approximate surface area is 167 Å². The summed E-state index contributed by atoms with van der Waals surface area (Å²) in [6.07, 6.45) is 1.02. The van der Waals surface area contributed by atoms with E-state index in [2.05, 4.69) is 13.8 Å². The van der Waals surface area contributed by atoms with E-state index >= 15 is 0 Å². The Morgan fingerprint density at radius 3 is 2.18 bits per heavy atom. The average molecular weight is 411 g/mol. The zero-order valence-electron chi connectivity index (χ0n) is 17.2. The summed E-state index contributed by atoms with van der Waals surface area (Å²) < 4.78 is 32.3. The van der Waals surface area contributed by atoms with Gasteiger partial charge in [0.25, 0.3) is 5.91 Å². The SMILES string of the molecule is CC1CC(C)CN(S(=O)(=O)c2ccc(C(=O)OCC(=O)N(C)C(C)C)cc2)C1. The maximum absolute atomic E-state index is 12.9. The van der Waals surface area contributed by atoms with Crippen LogP contribution in [0.1, 0.15) is 44.5 Å². The van der Waals surface area contributed by atoms with E-state index in [4.69, 9.17) is 4.74 Å². The molecule has 0 radical (unpaired) electrons. The zero-order valence-corrected chi connectivity index (χ0v) is 18.0. The molecule has 156 valence electrons. The number of carbonyl (C=O) groups excluding carboxylic acids is 2. The predicted octanol–water partition coefficient (Wildman–Crippen LogP) is 2.38. The first kappa shape index (κ1) is 22.4. The molecule has 2 rings (SSSR count). The van der Waals surface area contributed by atoms with Crippen LogP contribution in [0.15, 0.2) is 29.2 Å². The quantitative estimate of drug-likeness (QED) is 0.673. The molecule has 7 nitrogen and oxygen atoms in total. The molecule has 1 fully saturated rings. The van der Waals surface area contributed by atoms with Gasteiger partial charge in [-0.2, -0.15) is 4.31 Å². The van der Waals surface area contributed by atoms with E-state index in [9.17, 15) is 18.0 Å². The number of hydrogen-bond acceptors (Lipinski definition) is 5. The lowest BCUT2D eigenvalue weighted by molar-refractivity contribution is -0.134. The van der Waals surface area contributed by atoms with Crippen molar-refractivity contribution in [2.45, 2.75) is 45.1 Å².